The highest BCUT2D eigenvalue weighted by molar-refractivity contribution is 5.52. The van der Waals surface area contributed by atoms with Crippen LogP contribution < -0.4 is 0 Å². The zero-order chi connectivity index (χ0) is 3.58. The molecule has 0 aromatic rings. The molecule has 0 rings (SSSR count). The van der Waals surface area contributed by atoms with Crippen LogP contribution in [0, 0.1) is 0 Å². The molecule has 0 aliphatic carbocycles. The van der Waals surface area contributed by atoms with E-state index >= 15 is 0 Å². The second kappa shape index (κ2) is 0.711. The van der Waals surface area contributed by atoms with E-state index in [9.17, 15) is 0 Å². The molecule has 0 spiro atoms. The Morgan fingerprint density at radius 1 is 1.25 bits per heavy atom. The van der Waals surface area contributed by atoms with Gasteiger partial charge in [-0.05, 0) is 0 Å². The van der Waals surface area contributed by atoms with Gasteiger partial charge in [0.15, 0.2) is 0 Å². The van der Waals surface area contributed by atoms with Crippen molar-refractivity contribution in [1.29, 1.82) is 0 Å². The van der Waals surface area contributed by atoms with Crippen LogP contribution in [0.1, 0.15) is 0 Å². The Morgan fingerprint density at radius 2 is 1.25 bits per heavy atom. The van der Waals surface area contributed by atoms with Crippen LogP contribution in [0.2, 0.25) is 0 Å². The minimum atomic E-state index is -2.33. The highest BCUT2D eigenvalue weighted by Gasteiger charge is 1.83. The second-order valence-electron chi connectivity index (χ2n) is 0.250. The van der Waals surface area contributed by atoms with Crippen molar-refractivity contribution in [2.45, 2.75) is 0 Å². The summed E-state index contributed by atoms with van der Waals surface area (Å²) in [7, 11) is 0. The van der Waals surface area contributed by atoms with Gasteiger partial charge in [0.05, 0.1) is 0 Å². The summed E-state index contributed by atoms with van der Waals surface area (Å²) >= 11 is 0. The quantitative estimate of drug-likeness (QED) is 0.387. The lowest BCUT2D eigenvalue weighted by Crippen LogP contribution is -1.74. The summed E-state index contributed by atoms with van der Waals surface area (Å²) in [5.41, 5.74) is 0. The Morgan fingerprint density at radius 3 is 1.25 bits per heavy atom. The highest BCUT2D eigenvalue weighted by Crippen LogP contribution is 1.48. The first-order valence-corrected chi connectivity index (χ1v) is 0.612. The van der Waals surface area contributed by atoms with Crippen molar-refractivity contribution < 1.29 is 15.0 Å². The van der Waals surface area contributed by atoms with Crippen LogP contribution in [0.25, 0.3) is 0 Å². The van der Waals surface area contributed by atoms with Gasteiger partial charge in [-0.25, -0.2) is 0 Å². The molecule has 0 aromatic carbocycles. The number of carbonyl (C=O) groups is 1. The molecular weight excluding hydrogens is 60.0 g/mol. The maximum atomic E-state index is 8.33. The zero-order valence-electron chi connectivity index (χ0n) is 1.72. The van der Waals surface area contributed by atoms with Crippen molar-refractivity contribution in [2.75, 3.05) is 0 Å². The molecule has 0 aromatic heterocycles. The van der Waals surface area contributed by atoms with Crippen LogP contribution in [-0.4, -0.2) is 6.16 Å². The molecule has 0 aliphatic heterocycles. The SMILES string of the molecule is [O]C([O])=O. The lowest BCUT2D eigenvalue weighted by atomic mass is 11.5. The summed E-state index contributed by atoms with van der Waals surface area (Å²) in [6.45, 7) is 0. The maximum absolute atomic E-state index is 8.33. The summed E-state index contributed by atoms with van der Waals surface area (Å²) in [5.74, 6) is 0. The molecule has 0 unspecified atom stereocenters. The van der Waals surface area contributed by atoms with Crippen LogP contribution in [0.3, 0.4) is 0 Å². The van der Waals surface area contributed by atoms with E-state index in [2.05, 4.69) is 0 Å². The highest BCUT2D eigenvalue weighted by atomic mass is 16.6. The minimum absolute atomic E-state index is 2.33. The van der Waals surface area contributed by atoms with Crippen LogP contribution >= 0.6 is 0 Å². The van der Waals surface area contributed by atoms with Crippen molar-refractivity contribution >= 4 is 6.16 Å². The molecular formula is CO3. The third-order valence-corrected chi connectivity index (χ3v) is 0. The van der Waals surface area contributed by atoms with Crippen molar-refractivity contribution in [3.05, 3.63) is 0 Å². The van der Waals surface area contributed by atoms with Crippen LogP contribution in [-0.2, 0) is 10.2 Å². The molecule has 0 bridgehead atoms. The Kier molecular flexibility index (Phi) is 0.581. The third kappa shape index (κ3) is 0.174. The normalized spacial score (nSPS) is 6.00. The van der Waals surface area contributed by atoms with Crippen LogP contribution in [0.5, 0.6) is 0 Å². The number of hydrogen-bond donors (Lipinski definition) is 0. The average Bonchev–Trinajstić information content (AvgIpc) is 0.811. The molecule has 0 aliphatic rings. The van der Waals surface area contributed by atoms with Gasteiger partial charge < -0.3 is 0 Å². The third-order valence-electron chi connectivity index (χ3n) is 0. The fourth-order valence-corrected chi connectivity index (χ4v) is 0. The summed E-state index contributed by atoms with van der Waals surface area (Å²) < 4.78 is 0. The van der Waals surface area contributed by atoms with E-state index in [0.717, 1.165) is 0 Å². The first kappa shape index (κ1) is 3.27. The minimum Gasteiger partial charge on any atom is -0.197 e. The van der Waals surface area contributed by atoms with E-state index in [4.69, 9.17) is 15.0 Å². The topological polar surface area (TPSA) is 56.9 Å². The lowest BCUT2D eigenvalue weighted by Gasteiger charge is -1.43. The fraction of sp³-hybridized carbons (Fsp3) is 0. The molecule has 4 heavy (non-hydrogen) atoms. The van der Waals surface area contributed by atoms with E-state index in [1.807, 2.05) is 0 Å². The smallest absolute Gasteiger partial charge is 0.197 e. The van der Waals surface area contributed by atoms with Gasteiger partial charge in [0.1, 0.15) is 0 Å². The zero-order valence-corrected chi connectivity index (χ0v) is 1.72. The number of carbonyl (C=O) groups excluding carboxylic acids is 1. The van der Waals surface area contributed by atoms with Gasteiger partial charge in [-0.1, -0.05) is 0 Å². The van der Waals surface area contributed by atoms with Crippen molar-refractivity contribution in [3.63, 3.8) is 0 Å². The van der Waals surface area contributed by atoms with E-state index in [-0.39, 0.29) is 0 Å². The van der Waals surface area contributed by atoms with Gasteiger partial charge in [0, 0.05) is 0 Å². The summed E-state index contributed by atoms with van der Waals surface area (Å²) in [4.78, 5) is 8.33. The predicted octanol–water partition coefficient (Wildman–Crippen LogP) is -0.0326. The van der Waals surface area contributed by atoms with E-state index in [0.29, 0.717) is 0 Å². The Bertz CT molecular complexity index is 26.3. The monoisotopic (exact) mass is 60.0 g/mol. The Hall–Kier alpha value is -0.730. The molecule has 0 saturated carbocycles. The largest absolute Gasteiger partial charge is 0.592 e. The van der Waals surface area contributed by atoms with Gasteiger partial charge in [0.2, 0.25) is 0 Å². The molecule has 0 heterocycles. The average molecular weight is 60.0 g/mol. The molecule has 3 heteroatoms. The molecule has 0 atom stereocenters. The van der Waals surface area contributed by atoms with Crippen molar-refractivity contribution in [3.8, 4) is 0 Å². The fourth-order valence-electron chi connectivity index (χ4n) is 0. The molecule has 2 radical (unpaired) electrons. The maximum Gasteiger partial charge on any atom is 0.592 e. The molecule has 0 fully saturated rings. The van der Waals surface area contributed by atoms with Gasteiger partial charge in [0.25, 0.3) is 0 Å². The van der Waals surface area contributed by atoms with Gasteiger partial charge in [-0.15, -0.1) is 0 Å². The molecule has 0 saturated heterocycles. The van der Waals surface area contributed by atoms with Gasteiger partial charge >= 0.3 is 6.16 Å². The summed E-state index contributed by atoms with van der Waals surface area (Å²) in [5, 5.41) is 16.7. The Balaban J connectivity index is 2.80. The predicted molar refractivity (Wildman–Crippen MR) is 6.77 cm³/mol. The van der Waals surface area contributed by atoms with Crippen LogP contribution in [0.15, 0.2) is 0 Å². The summed E-state index contributed by atoms with van der Waals surface area (Å²) in [6, 6.07) is 0. The van der Waals surface area contributed by atoms with E-state index < -0.39 is 6.16 Å². The molecule has 0 N–H and O–H groups in total. The molecule has 22 valence electrons. The van der Waals surface area contributed by atoms with Crippen molar-refractivity contribution in [2.24, 2.45) is 0 Å². The second-order valence-corrected chi connectivity index (χ2v) is 0.250. The van der Waals surface area contributed by atoms with E-state index in [1.54, 1.807) is 0 Å². The summed E-state index contributed by atoms with van der Waals surface area (Å²) in [6.07, 6.45) is -2.33. The van der Waals surface area contributed by atoms with Crippen molar-refractivity contribution in [1.82, 2.24) is 0 Å². The number of hydrogen-bond acceptors (Lipinski definition) is 1. The van der Waals surface area contributed by atoms with Gasteiger partial charge in [-0.3, -0.25) is 0 Å². The van der Waals surface area contributed by atoms with E-state index in [1.165, 1.54) is 0 Å². The first-order valence-electron chi connectivity index (χ1n) is 0.612. The lowest BCUT2D eigenvalue weighted by molar-refractivity contribution is 0.0827. The number of rotatable bonds is 0. The standard InChI is InChI=1S/CO3/c2-1(3)4. The first-order chi connectivity index (χ1) is 1.73. The van der Waals surface area contributed by atoms with Crippen LogP contribution in [0.4, 0.5) is 4.79 Å². The Labute approximate surface area is 22.5 Å². The van der Waals surface area contributed by atoms with Gasteiger partial charge in [-0.2, -0.15) is 15.0 Å². The molecule has 0 amide bonds. The molecule has 3 nitrogen and oxygen atoms in total.